The van der Waals surface area contributed by atoms with E-state index in [-0.39, 0.29) is 5.92 Å². The predicted molar refractivity (Wildman–Crippen MR) is 44.4 cm³/mol. The van der Waals surface area contributed by atoms with Gasteiger partial charge in [0.15, 0.2) is 0 Å². The smallest absolute Gasteiger partial charge is 0.105 e. The molecule has 2 nitrogen and oxygen atoms in total. The molecule has 0 bridgehead atoms. The summed E-state index contributed by atoms with van der Waals surface area (Å²) in [5, 5.41) is 6.13. The van der Waals surface area contributed by atoms with Crippen molar-refractivity contribution in [3.8, 4) is 0 Å². The highest BCUT2D eigenvalue weighted by molar-refractivity contribution is 4.78. The highest BCUT2D eigenvalue weighted by Gasteiger charge is 2.23. The molecule has 2 atom stereocenters. The van der Waals surface area contributed by atoms with E-state index < -0.39 is 6.17 Å². The molecule has 66 valence electrons. The lowest BCUT2D eigenvalue weighted by Gasteiger charge is -2.13. The van der Waals surface area contributed by atoms with Crippen LogP contribution in [-0.2, 0) is 0 Å². The molecule has 0 aromatic heterocycles. The molecule has 0 saturated carbocycles. The van der Waals surface area contributed by atoms with Gasteiger partial charge in [-0.05, 0) is 33.0 Å². The van der Waals surface area contributed by atoms with Crippen LogP contribution in [0, 0.1) is 5.92 Å². The van der Waals surface area contributed by atoms with E-state index in [1.807, 2.05) is 7.05 Å². The van der Waals surface area contributed by atoms with E-state index in [9.17, 15) is 4.39 Å². The Bertz CT molecular complexity index is 102. The van der Waals surface area contributed by atoms with E-state index in [2.05, 4.69) is 10.6 Å². The topological polar surface area (TPSA) is 24.1 Å². The Labute approximate surface area is 67.6 Å². The van der Waals surface area contributed by atoms with E-state index in [1.165, 1.54) is 0 Å². The quantitative estimate of drug-likeness (QED) is 0.627. The van der Waals surface area contributed by atoms with Gasteiger partial charge in [-0.1, -0.05) is 0 Å². The summed E-state index contributed by atoms with van der Waals surface area (Å²) in [5.41, 5.74) is 0. The minimum Gasteiger partial charge on any atom is -0.320 e. The summed E-state index contributed by atoms with van der Waals surface area (Å²) >= 11 is 0. The molecule has 1 rings (SSSR count). The summed E-state index contributed by atoms with van der Waals surface area (Å²) in [4.78, 5) is 0. The van der Waals surface area contributed by atoms with E-state index in [4.69, 9.17) is 0 Å². The summed E-state index contributed by atoms with van der Waals surface area (Å²) in [6.45, 7) is 2.65. The first-order valence-electron chi connectivity index (χ1n) is 4.34. The highest BCUT2D eigenvalue weighted by Crippen LogP contribution is 2.17. The lowest BCUT2D eigenvalue weighted by Crippen LogP contribution is -2.23. The van der Waals surface area contributed by atoms with Gasteiger partial charge in [0.05, 0.1) is 0 Å². The van der Waals surface area contributed by atoms with Crippen LogP contribution in [0.25, 0.3) is 0 Å². The minimum atomic E-state index is -0.613. The van der Waals surface area contributed by atoms with Gasteiger partial charge in [0, 0.05) is 12.5 Å². The molecule has 0 radical (unpaired) electrons. The average Bonchev–Trinajstić information content (AvgIpc) is 2.52. The summed E-state index contributed by atoms with van der Waals surface area (Å²) < 4.78 is 13.2. The Kier molecular flexibility index (Phi) is 3.80. The van der Waals surface area contributed by atoms with Crippen LogP contribution in [0.3, 0.4) is 0 Å². The van der Waals surface area contributed by atoms with Crippen LogP contribution in [0.4, 0.5) is 4.39 Å². The van der Waals surface area contributed by atoms with E-state index in [0.717, 1.165) is 26.1 Å². The van der Waals surface area contributed by atoms with Crippen LogP contribution in [0.2, 0.25) is 0 Å². The monoisotopic (exact) mass is 160 g/mol. The molecule has 1 heterocycles. The van der Waals surface area contributed by atoms with Gasteiger partial charge in [-0.15, -0.1) is 0 Å². The van der Waals surface area contributed by atoms with Gasteiger partial charge in [0.25, 0.3) is 0 Å². The molecule has 0 amide bonds. The zero-order valence-electron chi connectivity index (χ0n) is 7.07. The van der Waals surface area contributed by atoms with Gasteiger partial charge in [0.1, 0.15) is 6.17 Å². The summed E-state index contributed by atoms with van der Waals surface area (Å²) in [7, 11) is 1.86. The van der Waals surface area contributed by atoms with Crippen molar-refractivity contribution < 1.29 is 4.39 Å². The summed E-state index contributed by atoms with van der Waals surface area (Å²) in [5.74, 6) is 0.267. The number of hydrogen-bond donors (Lipinski definition) is 2. The molecular formula is C8H17FN2. The van der Waals surface area contributed by atoms with E-state index in [1.54, 1.807) is 0 Å². The van der Waals surface area contributed by atoms with Crippen molar-refractivity contribution >= 4 is 0 Å². The molecule has 1 aliphatic heterocycles. The molecular weight excluding hydrogens is 143 g/mol. The second kappa shape index (κ2) is 4.67. The van der Waals surface area contributed by atoms with E-state index >= 15 is 0 Å². The predicted octanol–water partition coefficient (Wildman–Crippen LogP) is 0.543. The lowest BCUT2D eigenvalue weighted by molar-refractivity contribution is 0.226. The second-order valence-corrected chi connectivity index (χ2v) is 3.16. The zero-order valence-corrected chi connectivity index (χ0v) is 7.07. The Hall–Kier alpha value is -0.150. The van der Waals surface area contributed by atoms with Crippen LogP contribution < -0.4 is 10.6 Å². The number of hydrogen-bond acceptors (Lipinski definition) is 2. The van der Waals surface area contributed by atoms with Crippen LogP contribution in [0.5, 0.6) is 0 Å². The lowest BCUT2D eigenvalue weighted by atomic mass is 10.0. The molecule has 2 unspecified atom stereocenters. The Balaban J connectivity index is 2.12. The largest absolute Gasteiger partial charge is 0.320 e. The maximum absolute atomic E-state index is 13.2. The number of alkyl halides is 1. The molecule has 0 aliphatic carbocycles. The third-order valence-electron chi connectivity index (χ3n) is 2.28. The van der Waals surface area contributed by atoms with Gasteiger partial charge in [-0.2, -0.15) is 0 Å². The van der Waals surface area contributed by atoms with Crippen LogP contribution in [-0.4, -0.2) is 32.9 Å². The fourth-order valence-electron chi connectivity index (χ4n) is 1.50. The number of nitrogens with one attached hydrogen (secondary N) is 2. The van der Waals surface area contributed by atoms with Gasteiger partial charge >= 0.3 is 0 Å². The third-order valence-corrected chi connectivity index (χ3v) is 2.28. The fourth-order valence-corrected chi connectivity index (χ4v) is 1.50. The zero-order chi connectivity index (χ0) is 8.10. The first-order chi connectivity index (χ1) is 5.34. The molecule has 0 aromatic rings. The van der Waals surface area contributed by atoms with E-state index in [0.29, 0.717) is 6.42 Å². The normalized spacial score (nSPS) is 27.3. The van der Waals surface area contributed by atoms with Gasteiger partial charge in [-0.3, -0.25) is 0 Å². The van der Waals surface area contributed by atoms with Crippen LogP contribution in [0.15, 0.2) is 0 Å². The molecule has 1 saturated heterocycles. The van der Waals surface area contributed by atoms with Crippen molar-refractivity contribution in [2.24, 2.45) is 5.92 Å². The fraction of sp³-hybridized carbons (Fsp3) is 1.00. The summed E-state index contributed by atoms with van der Waals surface area (Å²) in [6, 6.07) is 0. The highest BCUT2D eigenvalue weighted by atomic mass is 19.1. The number of rotatable bonds is 4. The van der Waals surface area contributed by atoms with Crippen molar-refractivity contribution in [1.29, 1.82) is 0 Å². The molecule has 2 N–H and O–H groups in total. The molecule has 3 heteroatoms. The average molecular weight is 160 g/mol. The standard InChI is InChI=1S/C8H17FN2/c1-10-4-3-8(9)7-2-5-11-6-7/h7-8,10-11H,2-6H2,1H3. The number of halogens is 1. The third kappa shape index (κ3) is 2.75. The molecule has 1 aliphatic rings. The summed E-state index contributed by atoms with van der Waals surface area (Å²) in [6.07, 6.45) is 1.05. The van der Waals surface area contributed by atoms with Crippen molar-refractivity contribution in [3.05, 3.63) is 0 Å². The van der Waals surface area contributed by atoms with Crippen molar-refractivity contribution in [3.63, 3.8) is 0 Å². The van der Waals surface area contributed by atoms with Gasteiger partial charge in [0.2, 0.25) is 0 Å². The maximum atomic E-state index is 13.2. The minimum absolute atomic E-state index is 0.267. The van der Waals surface area contributed by atoms with Crippen molar-refractivity contribution in [2.75, 3.05) is 26.7 Å². The van der Waals surface area contributed by atoms with Crippen LogP contribution >= 0.6 is 0 Å². The van der Waals surface area contributed by atoms with Crippen molar-refractivity contribution in [2.45, 2.75) is 19.0 Å². The second-order valence-electron chi connectivity index (χ2n) is 3.16. The Morgan fingerprint density at radius 2 is 2.55 bits per heavy atom. The van der Waals surface area contributed by atoms with Crippen LogP contribution in [0.1, 0.15) is 12.8 Å². The molecule has 1 fully saturated rings. The maximum Gasteiger partial charge on any atom is 0.105 e. The first kappa shape index (κ1) is 8.94. The van der Waals surface area contributed by atoms with Crippen molar-refractivity contribution in [1.82, 2.24) is 10.6 Å². The SMILES string of the molecule is CNCCC(F)C1CCNC1. The molecule has 0 spiro atoms. The van der Waals surface area contributed by atoms with Gasteiger partial charge in [-0.25, -0.2) is 4.39 Å². The molecule has 0 aromatic carbocycles. The first-order valence-corrected chi connectivity index (χ1v) is 4.34. The Morgan fingerprint density at radius 3 is 3.09 bits per heavy atom. The van der Waals surface area contributed by atoms with Gasteiger partial charge < -0.3 is 10.6 Å². The Morgan fingerprint density at radius 1 is 1.73 bits per heavy atom. The molecule has 11 heavy (non-hydrogen) atoms.